The minimum absolute atomic E-state index is 0.0613. The summed E-state index contributed by atoms with van der Waals surface area (Å²) in [5, 5.41) is 9.11. The fourth-order valence-electron chi connectivity index (χ4n) is 1.73. The average molecular weight is 277 g/mol. The van der Waals surface area contributed by atoms with Gasteiger partial charge in [0.05, 0.1) is 19.4 Å². The van der Waals surface area contributed by atoms with Gasteiger partial charge in [0.25, 0.3) is 0 Å². The molecule has 4 nitrogen and oxygen atoms in total. The molecule has 1 heterocycles. The summed E-state index contributed by atoms with van der Waals surface area (Å²) in [7, 11) is 0. The predicted molar refractivity (Wildman–Crippen MR) is 72.1 cm³/mol. The standard InChI is InChI=1S/C15H16FNO3/c1-2-19-15-6-11(9-18)3-4-14(15)20-10-12-5-13(16)8-17-7-12/h3-8,18H,2,9-10H2,1H3. The van der Waals surface area contributed by atoms with Gasteiger partial charge in [0.15, 0.2) is 11.5 Å². The lowest BCUT2D eigenvalue weighted by Gasteiger charge is -2.13. The number of ether oxygens (including phenoxy) is 2. The van der Waals surface area contributed by atoms with Crippen molar-refractivity contribution in [2.24, 2.45) is 0 Å². The number of hydrogen-bond acceptors (Lipinski definition) is 4. The summed E-state index contributed by atoms with van der Waals surface area (Å²) in [6, 6.07) is 6.57. The molecule has 0 unspecified atom stereocenters. The summed E-state index contributed by atoms with van der Waals surface area (Å²) in [6.07, 6.45) is 2.69. The third kappa shape index (κ3) is 3.68. The fourth-order valence-corrected chi connectivity index (χ4v) is 1.73. The second-order valence-corrected chi connectivity index (χ2v) is 4.17. The Morgan fingerprint density at radius 3 is 2.65 bits per heavy atom. The van der Waals surface area contributed by atoms with Crippen LogP contribution in [-0.4, -0.2) is 16.7 Å². The van der Waals surface area contributed by atoms with Gasteiger partial charge >= 0.3 is 0 Å². The molecule has 0 radical (unpaired) electrons. The van der Waals surface area contributed by atoms with Crippen molar-refractivity contribution in [1.82, 2.24) is 4.98 Å². The molecule has 0 fully saturated rings. The SMILES string of the molecule is CCOc1cc(CO)ccc1OCc1cncc(F)c1. The van der Waals surface area contributed by atoms with E-state index in [1.807, 2.05) is 6.92 Å². The number of halogens is 1. The average Bonchev–Trinajstić information content (AvgIpc) is 2.46. The highest BCUT2D eigenvalue weighted by molar-refractivity contribution is 5.43. The Kier molecular flexibility index (Phi) is 4.90. The molecule has 0 saturated heterocycles. The molecule has 2 rings (SSSR count). The van der Waals surface area contributed by atoms with E-state index >= 15 is 0 Å². The van der Waals surface area contributed by atoms with Crippen molar-refractivity contribution in [2.75, 3.05) is 6.61 Å². The zero-order valence-electron chi connectivity index (χ0n) is 11.2. The Hall–Kier alpha value is -2.14. The van der Waals surface area contributed by atoms with E-state index in [4.69, 9.17) is 14.6 Å². The Balaban J connectivity index is 2.12. The molecule has 0 atom stereocenters. The van der Waals surface area contributed by atoms with Gasteiger partial charge in [-0.1, -0.05) is 6.07 Å². The van der Waals surface area contributed by atoms with Crippen molar-refractivity contribution in [3.8, 4) is 11.5 Å². The van der Waals surface area contributed by atoms with Crippen LogP contribution in [0.1, 0.15) is 18.1 Å². The summed E-state index contributed by atoms with van der Waals surface area (Å²) in [4.78, 5) is 3.76. The van der Waals surface area contributed by atoms with E-state index in [-0.39, 0.29) is 13.2 Å². The Labute approximate surface area is 116 Å². The molecule has 0 bridgehead atoms. The van der Waals surface area contributed by atoms with Gasteiger partial charge in [-0.3, -0.25) is 4.98 Å². The maximum absolute atomic E-state index is 13.0. The minimum Gasteiger partial charge on any atom is -0.490 e. The molecule has 20 heavy (non-hydrogen) atoms. The van der Waals surface area contributed by atoms with Gasteiger partial charge in [-0.05, 0) is 30.7 Å². The lowest BCUT2D eigenvalue weighted by molar-refractivity contribution is 0.263. The summed E-state index contributed by atoms with van der Waals surface area (Å²) < 4.78 is 24.1. The van der Waals surface area contributed by atoms with Crippen molar-refractivity contribution >= 4 is 0 Å². The van der Waals surface area contributed by atoms with Crippen LogP contribution < -0.4 is 9.47 Å². The third-order valence-electron chi connectivity index (χ3n) is 2.65. The summed E-state index contributed by atoms with van der Waals surface area (Å²) in [6.45, 7) is 2.50. The molecular weight excluding hydrogens is 261 g/mol. The van der Waals surface area contributed by atoms with Crippen molar-refractivity contribution in [2.45, 2.75) is 20.1 Å². The van der Waals surface area contributed by atoms with Gasteiger partial charge in [0, 0.05) is 11.8 Å². The molecule has 1 N–H and O–H groups in total. The number of aromatic nitrogens is 1. The first-order chi connectivity index (χ1) is 9.72. The van der Waals surface area contributed by atoms with Gasteiger partial charge in [-0.25, -0.2) is 4.39 Å². The maximum Gasteiger partial charge on any atom is 0.161 e. The molecular formula is C15H16FNO3. The molecule has 1 aromatic heterocycles. The van der Waals surface area contributed by atoms with Crippen LogP contribution in [0.4, 0.5) is 4.39 Å². The van der Waals surface area contributed by atoms with E-state index in [1.165, 1.54) is 6.07 Å². The van der Waals surface area contributed by atoms with E-state index in [9.17, 15) is 4.39 Å². The first kappa shape index (κ1) is 14.3. The predicted octanol–water partition coefficient (Wildman–Crippen LogP) is 2.69. The van der Waals surface area contributed by atoms with Gasteiger partial charge in [-0.15, -0.1) is 0 Å². The van der Waals surface area contributed by atoms with Crippen LogP contribution in [0.3, 0.4) is 0 Å². The second kappa shape index (κ2) is 6.86. The molecule has 0 spiro atoms. The van der Waals surface area contributed by atoms with E-state index in [0.717, 1.165) is 11.8 Å². The molecule has 2 aromatic rings. The van der Waals surface area contributed by atoms with Crippen LogP contribution in [0, 0.1) is 5.82 Å². The van der Waals surface area contributed by atoms with E-state index < -0.39 is 5.82 Å². The number of aliphatic hydroxyl groups is 1. The zero-order chi connectivity index (χ0) is 14.4. The van der Waals surface area contributed by atoms with E-state index in [1.54, 1.807) is 24.4 Å². The van der Waals surface area contributed by atoms with Gasteiger partial charge < -0.3 is 14.6 Å². The van der Waals surface area contributed by atoms with Crippen LogP contribution in [0.2, 0.25) is 0 Å². The lowest BCUT2D eigenvalue weighted by atomic mass is 10.2. The highest BCUT2D eigenvalue weighted by Crippen LogP contribution is 2.29. The van der Waals surface area contributed by atoms with Gasteiger partial charge in [-0.2, -0.15) is 0 Å². The van der Waals surface area contributed by atoms with Crippen molar-refractivity contribution in [3.63, 3.8) is 0 Å². The van der Waals surface area contributed by atoms with Crippen molar-refractivity contribution < 1.29 is 19.0 Å². The number of benzene rings is 1. The van der Waals surface area contributed by atoms with Crippen LogP contribution in [0.5, 0.6) is 11.5 Å². The highest BCUT2D eigenvalue weighted by Gasteiger charge is 2.07. The lowest BCUT2D eigenvalue weighted by Crippen LogP contribution is -2.01. The molecule has 1 aromatic carbocycles. The quantitative estimate of drug-likeness (QED) is 0.882. The van der Waals surface area contributed by atoms with Crippen molar-refractivity contribution in [3.05, 3.63) is 53.6 Å². The highest BCUT2D eigenvalue weighted by atomic mass is 19.1. The zero-order valence-corrected chi connectivity index (χ0v) is 11.2. The van der Waals surface area contributed by atoms with Crippen LogP contribution in [0.15, 0.2) is 36.7 Å². The Morgan fingerprint density at radius 2 is 1.95 bits per heavy atom. The maximum atomic E-state index is 13.0. The summed E-state index contributed by atoms with van der Waals surface area (Å²) in [5.74, 6) is 0.712. The Morgan fingerprint density at radius 1 is 1.10 bits per heavy atom. The minimum atomic E-state index is -0.397. The number of rotatable bonds is 6. The second-order valence-electron chi connectivity index (χ2n) is 4.17. The summed E-state index contributed by atoms with van der Waals surface area (Å²) in [5.41, 5.74) is 1.38. The molecule has 0 aliphatic carbocycles. The fraction of sp³-hybridized carbons (Fsp3) is 0.267. The third-order valence-corrected chi connectivity index (χ3v) is 2.65. The molecule has 106 valence electrons. The molecule has 0 aliphatic rings. The number of pyridine rings is 1. The van der Waals surface area contributed by atoms with Gasteiger partial charge in [0.2, 0.25) is 0 Å². The summed E-state index contributed by atoms with van der Waals surface area (Å²) >= 11 is 0. The smallest absolute Gasteiger partial charge is 0.161 e. The number of nitrogens with zero attached hydrogens (tertiary/aromatic N) is 1. The van der Waals surface area contributed by atoms with Crippen LogP contribution >= 0.6 is 0 Å². The first-order valence-electron chi connectivity index (χ1n) is 6.31. The molecule has 0 aliphatic heterocycles. The van der Waals surface area contributed by atoms with Gasteiger partial charge in [0.1, 0.15) is 12.4 Å². The molecule has 0 saturated carbocycles. The van der Waals surface area contributed by atoms with E-state index in [0.29, 0.717) is 23.7 Å². The van der Waals surface area contributed by atoms with Crippen LogP contribution in [0.25, 0.3) is 0 Å². The Bertz CT molecular complexity index is 575. The topological polar surface area (TPSA) is 51.6 Å². The monoisotopic (exact) mass is 277 g/mol. The van der Waals surface area contributed by atoms with Crippen molar-refractivity contribution in [1.29, 1.82) is 0 Å². The normalized spacial score (nSPS) is 10.3. The van der Waals surface area contributed by atoms with Crippen LogP contribution in [-0.2, 0) is 13.2 Å². The number of hydrogen-bond donors (Lipinski definition) is 1. The van der Waals surface area contributed by atoms with E-state index in [2.05, 4.69) is 4.98 Å². The molecule has 0 amide bonds. The first-order valence-corrected chi connectivity index (χ1v) is 6.31. The molecule has 5 heteroatoms. The number of aliphatic hydroxyl groups excluding tert-OH is 1. The largest absolute Gasteiger partial charge is 0.490 e.